The van der Waals surface area contributed by atoms with Crippen LogP contribution in [-0.2, 0) is 49.3 Å². The number of fused-ring (bicyclic) bond motifs is 1. The number of nitrogens with zero attached hydrogens (tertiary/aromatic N) is 2. The van der Waals surface area contributed by atoms with E-state index in [1.807, 2.05) is 6.92 Å². The number of nitrogens with two attached hydrogens (primary N) is 1. The Bertz CT molecular complexity index is 2290. The highest BCUT2D eigenvalue weighted by atomic mass is 32.3. The number of thiophene rings is 1. The van der Waals surface area contributed by atoms with Crippen molar-refractivity contribution >= 4 is 62.2 Å². The van der Waals surface area contributed by atoms with Crippen LogP contribution < -0.4 is 5.14 Å². The third-order valence-electron chi connectivity index (χ3n) is 16.6. The molecule has 2 aliphatic rings. The van der Waals surface area contributed by atoms with Crippen LogP contribution in [0, 0.1) is 11.8 Å². The number of hydrogen-bond acceptors (Lipinski definition) is 10. The van der Waals surface area contributed by atoms with Crippen LogP contribution in [0.4, 0.5) is 0 Å². The van der Waals surface area contributed by atoms with Crippen LogP contribution >= 0.6 is 11.3 Å². The molecule has 2 N–H and O–H groups in total. The zero-order valence-corrected chi connectivity index (χ0v) is 52.3. The van der Waals surface area contributed by atoms with Crippen molar-refractivity contribution in [2.75, 3.05) is 33.4 Å². The van der Waals surface area contributed by atoms with Gasteiger partial charge in [-0.3, -0.25) is 4.79 Å². The number of sulfonamides is 2. The molecule has 0 radical (unpaired) electrons. The summed E-state index contributed by atoms with van der Waals surface area (Å²) < 4.78 is 80.9. The van der Waals surface area contributed by atoms with E-state index in [-0.39, 0.29) is 79.1 Å². The SMILES string of the molecule is CCN(C(=O)CCC/C=C\C[C@H]1C(O[Si](C)(C)C(C)(C)C)CC(O[Si](C)(C)C(C)(C)C)[C@@H]1CCC(CCc1ccccc1)O[Si](C)(C)C(C)(C)C)C1CN(CCCOC)S(=O)(=O)c2sc(S(N)(=O)=O)cc21. The first kappa shape index (κ1) is 62.0. The highest BCUT2D eigenvalue weighted by molar-refractivity contribution is 7.94. The molecule has 4 rings (SSSR count). The number of methoxy groups -OCH3 is 1. The molecule has 2 heterocycles. The molecule has 4 unspecified atom stereocenters. The third kappa shape index (κ3) is 16.2. The number of hydrogen-bond donors (Lipinski definition) is 1. The van der Waals surface area contributed by atoms with Gasteiger partial charge in [0.25, 0.3) is 10.0 Å². The number of primary sulfonamides is 1. The minimum Gasteiger partial charge on any atom is -0.414 e. The van der Waals surface area contributed by atoms with Gasteiger partial charge in [-0.05, 0) is 143 Å². The van der Waals surface area contributed by atoms with E-state index in [1.165, 1.54) is 15.9 Å². The molecule has 1 aliphatic heterocycles. The molecule has 12 nitrogen and oxygen atoms in total. The van der Waals surface area contributed by atoms with Gasteiger partial charge >= 0.3 is 0 Å². The summed E-state index contributed by atoms with van der Waals surface area (Å²) in [6.45, 7) is 37.9. The van der Waals surface area contributed by atoms with Gasteiger partial charge in [0.05, 0.1) is 18.2 Å². The highest BCUT2D eigenvalue weighted by Gasteiger charge is 2.51. The predicted molar refractivity (Wildman–Crippen MR) is 300 cm³/mol. The maximum Gasteiger partial charge on any atom is 0.253 e. The number of carbonyl (C=O) groups excluding carboxylic acids is 1. The smallest absolute Gasteiger partial charge is 0.253 e. The van der Waals surface area contributed by atoms with Gasteiger partial charge in [0.15, 0.2) is 25.0 Å². The average molecular weight is 1100 g/mol. The summed E-state index contributed by atoms with van der Waals surface area (Å²) >= 11 is 0.650. The van der Waals surface area contributed by atoms with Crippen molar-refractivity contribution in [3.8, 4) is 0 Å². The molecule has 1 aromatic heterocycles. The number of rotatable bonds is 25. The van der Waals surface area contributed by atoms with Crippen LogP contribution in [0.2, 0.25) is 54.4 Å². The zero-order chi connectivity index (χ0) is 53.6. The van der Waals surface area contributed by atoms with E-state index in [2.05, 4.69) is 144 Å². The van der Waals surface area contributed by atoms with Crippen LogP contribution in [0.5, 0.6) is 0 Å². The van der Waals surface area contributed by atoms with E-state index < -0.39 is 51.0 Å². The second-order valence-corrected chi connectivity index (χ2v) is 44.1. The third-order valence-corrected chi connectivity index (χ3v) is 35.1. The van der Waals surface area contributed by atoms with Gasteiger partial charge in [-0.1, -0.05) is 105 Å². The number of unbranched alkanes of at least 4 members (excludes halogenated alkanes) is 1. The summed E-state index contributed by atoms with van der Waals surface area (Å²) in [6, 6.07) is 11.5. The number of allylic oxidation sites excluding steroid dienone is 2. The first-order valence-corrected chi connectivity index (χ1v) is 38.8. The second-order valence-electron chi connectivity index (χ2n) is 24.9. The molecule has 406 valence electrons. The minimum absolute atomic E-state index is 0.0241. The summed E-state index contributed by atoms with van der Waals surface area (Å²) in [5.41, 5.74) is 1.65. The van der Waals surface area contributed by atoms with E-state index in [0.717, 1.165) is 38.5 Å². The Balaban J connectivity index is 1.61. The summed E-state index contributed by atoms with van der Waals surface area (Å²) in [5, 5.41) is 5.69. The quantitative estimate of drug-likeness (QED) is 0.0581. The maximum atomic E-state index is 14.1. The number of carbonyl (C=O) groups is 1. The first-order valence-electron chi connectivity index (χ1n) is 26.3. The molecule has 18 heteroatoms. The fourth-order valence-electron chi connectivity index (χ4n) is 9.21. The number of benzene rings is 1. The number of ether oxygens (including phenoxy) is 1. The maximum absolute atomic E-state index is 14.1. The lowest BCUT2D eigenvalue weighted by atomic mass is 9.85. The molecule has 2 aromatic rings. The standard InChI is InChI=1S/C53H95N3O9S3Si3/c1-18-56(45-39-55(35-26-36-62-11)68(60,61)50-44(45)37-49(66-50)67(54,58)59)48(57)30-25-20-19-24-29-42-43(34-33-41(63-69(12,13)51(2,3)4)32-31-40-27-22-21-23-28-40)47(65-71(16,17)53(8,9)10)38-46(42)64-70(14,15)52(5,6)7/h19,21-24,27-28,37,41-43,45-47H,18,20,25-26,29-36,38-39H2,1-17H3,(H2,54,58,59)/b24-19-/t41?,42-,43-,45?,46?,47?/m1/s1. The van der Waals surface area contributed by atoms with Gasteiger partial charge in [-0.25, -0.2) is 22.0 Å². The van der Waals surface area contributed by atoms with Crippen molar-refractivity contribution in [1.82, 2.24) is 9.21 Å². The van der Waals surface area contributed by atoms with Gasteiger partial charge in [-0.15, -0.1) is 11.3 Å². The van der Waals surface area contributed by atoms with E-state index in [1.54, 1.807) is 12.0 Å². The molecule has 71 heavy (non-hydrogen) atoms. The van der Waals surface area contributed by atoms with E-state index in [9.17, 15) is 21.6 Å². The Morgan fingerprint density at radius 3 is 1.99 bits per heavy atom. The van der Waals surface area contributed by atoms with Crippen molar-refractivity contribution in [3.05, 3.63) is 59.7 Å². The first-order chi connectivity index (χ1) is 32.6. The molecule has 6 atom stereocenters. The van der Waals surface area contributed by atoms with Gasteiger partial charge in [0, 0.05) is 51.4 Å². The van der Waals surface area contributed by atoms with Crippen LogP contribution in [0.1, 0.15) is 144 Å². The Morgan fingerprint density at radius 1 is 0.873 bits per heavy atom. The predicted octanol–water partition coefficient (Wildman–Crippen LogP) is 12.7. The van der Waals surface area contributed by atoms with Crippen molar-refractivity contribution in [2.24, 2.45) is 17.0 Å². The molecule has 0 spiro atoms. The Morgan fingerprint density at radius 2 is 1.45 bits per heavy atom. The van der Waals surface area contributed by atoms with Gasteiger partial charge in [-0.2, -0.15) is 4.31 Å². The molecule has 1 aromatic carbocycles. The molecule has 0 saturated heterocycles. The number of likely N-dealkylation sites (N-methyl/N-ethyl adjacent to an activating group) is 1. The molecule has 1 aliphatic carbocycles. The van der Waals surface area contributed by atoms with Gasteiger partial charge < -0.3 is 22.9 Å². The van der Waals surface area contributed by atoms with Crippen molar-refractivity contribution in [1.29, 1.82) is 0 Å². The highest BCUT2D eigenvalue weighted by Crippen LogP contribution is 2.50. The number of aryl methyl sites for hydroxylation is 1. The van der Waals surface area contributed by atoms with Crippen LogP contribution in [0.25, 0.3) is 0 Å². The van der Waals surface area contributed by atoms with Crippen molar-refractivity contribution in [2.45, 2.75) is 221 Å². The normalized spacial score (nSPS) is 22.3. The van der Waals surface area contributed by atoms with Crippen molar-refractivity contribution in [3.63, 3.8) is 0 Å². The Hall–Kier alpha value is -1.56. The zero-order valence-electron chi connectivity index (χ0n) is 46.9. The van der Waals surface area contributed by atoms with E-state index >= 15 is 0 Å². The van der Waals surface area contributed by atoms with E-state index in [0.29, 0.717) is 49.3 Å². The van der Waals surface area contributed by atoms with Gasteiger partial charge in [0.1, 0.15) is 8.42 Å². The average Bonchev–Trinajstić information content (AvgIpc) is 3.83. The Kier molecular flexibility index (Phi) is 21.5. The minimum atomic E-state index is -4.17. The summed E-state index contributed by atoms with van der Waals surface area (Å²) in [7, 11) is -13.0. The van der Waals surface area contributed by atoms with Gasteiger partial charge in [0.2, 0.25) is 15.9 Å². The summed E-state index contributed by atoms with van der Waals surface area (Å²) in [4.78, 5) is 15.8. The molecular weight excluding hydrogens is 1000 g/mol. The molecule has 1 saturated carbocycles. The Labute approximate surface area is 439 Å². The lowest BCUT2D eigenvalue weighted by molar-refractivity contribution is -0.134. The van der Waals surface area contributed by atoms with Crippen LogP contribution in [0.15, 0.2) is 57.0 Å². The van der Waals surface area contributed by atoms with Crippen molar-refractivity contribution < 1.29 is 39.6 Å². The largest absolute Gasteiger partial charge is 0.414 e. The van der Waals surface area contributed by atoms with Crippen LogP contribution in [0.3, 0.4) is 0 Å². The molecular formula is C53H95N3O9S3Si3. The monoisotopic (exact) mass is 1100 g/mol. The van der Waals surface area contributed by atoms with Crippen LogP contribution in [-0.4, -0.2) is 109 Å². The van der Waals surface area contributed by atoms with E-state index in [4.69, 9.17) is 23.2 Å². The lowest BCUT2D eigenvalue weighted by Crippen LogP contribution is -2.47. The molecule has 1 fully saturated rings. The fourth-order valence-corrected chi connectivity index (χ4v) is 17.7. The fraction of sp³-hybridized carbons (Fsp3) is 0.755. The number of amides is 1. The lowest BCUT2D eigenvalue weighted by Gasteiger charge is -2.41. The molecule has 1 amide bonds. The summed E-state index contributed by atoms with van der Waals surface area (Å²) in [6.07, 6.45) is 12.4. The second kappa shape index (κ2) is 24.6. The topological polar surface area (TPSA) is 155 Å². The molecule has 0 bridgehead atoms. The summed E-state index contributed by atoms with van der Waals surface area (Å²) in [5.74, 6) is 0.407.